The summed E-state index contributed by atoms with van der Waals surface area (Å²) in [6.07, 6.45) is 0. The molecule has 0 spiro atoms. The van der Waals surface area contributed by atoms with Crippen molar-refractivity contribution in [2.45, 2.75) is 4.90 Å². The third-order valence-electron chi connectivity index (χ3n) is 6.41. The number of sulfonamides is 1. The molecule has 8 nitrogen and oxygen atoms in total. The van der Waals surface area contributed by atoms with Gasteiger partial charge in [0, 0.05) is 42.3 Å². The second-order valence-corrected chi connectivity index (χ2v) is 11.2. The summed E-state index contributed by atoms with van der Waals surface area (Å²) < 4.78 is 61.4. The normalized spacial score (nSPS) is 14.7. The Balaban J connectivity index is 1.36. The van der Waals surface area contributed by atoms with Gasteiger partial charge in [-0.15, -0.1) is 0 Å². The van der Waals surface area contributed by atoms with E-state index in [1.54, 1.807) is 24.3 Å². The Morgan fingerprint density at radius 3 is 2.26 bits per heavy atom. The number of rotatable bonds is 5. The van der Waals surface area contributed by atoms with Gasteiger partial charge in [0.05, 0.1) is 0 Å². The van der Waals surface area contributed by atoms with Gasteiger partial charge in [-0.25, -0.2) is 27.2 Å². The zero-order valence-corrected chi connectivity index (χ0v) is 21.8. The van der Waals surface area contributed by atoms with Gasteiger partial charge in [-0.1, -0.05) is 29.8 Å². The van der Waals surface area contributed by atoms with Crippen molar-refractivity contribution in [2.24, 2.45) is 0 Å². The Labute approximate surface area is 227 Å². The highest BCUT2D eigenvalue weighted by atomic mass is 35.5. The molecule has 6 rings (SSSR count). The zero-order valence-electron chi connectivity index (χ0n) is 20.3. The number of oxazole rings is 1. The number of hydrogen-bond donors (Lipinski definition) is 0. The summed E-state index contributed by atoms with van der Waals surface area (Å²) in [7, 11) is -4.24. The van der Waals surface area contributed by atoms with Gasteiger partial charge in [0.2, 0.25) is 27.1 Å². The van der Waals surface area contributed by atoms with Crippen molar-refractivity contribution in [3.05, 3.63) is 89.5 Å². The average Bonchev–Trinajstić information content (AvgIpc) is 3.39. The lowest BCUT2D eigenvalue weighted by Crippen LogP contribution is -2.49. The molecule has 0 saturated carbocycles. The van der Waals surface area contributed by atoms with Crippen LogP contribution >= 0.6 is 11.6 Å². The highest BCUT2D eigenvalue weighted by Gasteiger charge is 2.33. The van der Waals surface area contributed by atoms with E-state index in [-0.39, 0.29) is 26.2 Å². The van der Waals surface area contributed by atoms with Crippen LogP contribution in [-0.4, -0.2) is 53.9 Å². The van der Waals surface area contributed by atoms with E-state index < -0.39 is 26.6 Å². The molecular formula is C27H20ClF2N5O3S. The maximum atomic E-state index is 14.3. The predicted octanol–water partition coefficient (Wildman–Crippen LogP) is 5.39. The maximum absolute atomic E-state index is 14.3. The molecule has 1 saturated heterocycles. The Morgan fingerprint density at radius 2 is 1.54 bits per heavy atom. The molecule has 3 aromatic carbocycles. The molecule has 1 aliphatic heterocycles. The first-order chi connectivity index (χ1) is 18.8. The van der Waals surface area contributed by atoms with Gasteiger partial charge >= 0.3 is 0 Å². The van der Waals surface area contributed by atoms with Crippen molar-refractivity contribution < 1.29 is 21.6 Å². The minimum atomic E-state index is -4.24. The monoisotopic (exact) mass is 567 g/mol. The molecule has 0 N–H and O–H groups in total. The summed E-state index contributed by atoms with van der Waals surface area (Å²) in [4.78, 5) is 15.2. The van der Waals surface area contributed by atoms with Crippen molar-refractivity contribution in [3.8, 4) is 22.8 Å². The Bertz CT molecular complexity index is 1780. The highest BCUT2D eigenvalue weighted by molar-refractivity contribution is 7.89. The third-order valence-corrected chi connectivity index (χ3v) is 8.57. The van der Waals surface area contributed by atoms with Crippen LogP contribution in [0.5, 0.6) is 0 Å². The molecule has 0 bridgehead atoms. The number of anilines is 1. The van der Waals surface area contributed by atoms with Gasteiger partial charge in [0.15, 0.2) is 11.6 Å². The molecule has 3 heterocycles. The number of hydrogen-bond acceptors (Lipinski definition) is 7. The topological polar surface area (TPSA) is 92.4 Å². The van der Waals surface area contributed by atoms with Gasteiger partial charge in [0.1, 0.15) is 16.5 Å². The van der Waals surface area contributed by atoms with Crippen molar-refractivity contribution in [3.63, 3.8) is 0 Å². The average molecular weight is 568 g/mol. The summed E-state index contributed by atoms with van der Waals surface area (Å²) in [5.74, 6) is -0.602. The predicted molar refractivity (Wildman–Crippen MR) is 143 cm³/mol. The van der Waals surface area contributed by atoms with Crippen LogP contribution in [-0.2, 0) is 10.0 Å². The van der Waals surface area contributed by atoms with Crippen molar-refractivity contribution >= 4 is 38.7 Å². The Kier molecular flexibility index (Phi) is 6.49. The van der Waals surface area contributed by atoms with E-state index in [1.165, 1.54) is 0 Å². The van der Waals surface area contributed by atoms with E-state index in [0.717, 1.165) is 27.6 Å². The van der Waals surface area contributed by atoms with E-state index in [4.69, 9.17) is 21.0 Å². The van der Waals surface area contributed by atoms with Crippen LogP contribution in [0.4, 0.5) is 14.6 Å². The first-order valence-corrected chi connectivity index (χ1v) is 13.8. The molecule has 1 aliphatic rings. The molecule has 0 unspecified atom stereocenters. The molecule has 39 heavy (non-hydrogen) atoms. The molecule has 0 aliphatic carbocycles. The van der Waals surface area contributed by atoms with Gasteiger partial charge in [-0.3, -0.25) is 0 Å². The van der Waals surface area contributed by atoms with E-state index >= 15 is 0 Å². The van der Waals surface area contributed by atoms with Crippen LogP contribution in [0.25, 0.3) is 34.1 Å². The first-order valence-electron chi connectivity index (χ1n) is 12.0. The second-order valence-electron chi connectivity index (χ2n) is 8.88. The molecule has 0 amide bonds. The first kappa shape index (κ1) is 25.4. The number of benzene rings is 3. The maximum Gasteiger partial charge on any atom is 0.246 e. The number of aromatic nitrogens is 3. The summed E-state index contributed by atoms with van der Waals surface area (Å²) >= 11 is 6.06. The van der Waals surface area contributed by atoms with Crippen molar-refractivity contribution in [1.29, 1.82) is 0 Å². The SMILES string of the molecule is O=S(=O)(c1cc(F)ccc1F)N1CCN(c2nc(-c3ccc(Cl)cc3)nc3nc(-c4ccccc4)oc23)CC1. The fraction of sp³-hybridized carbons (Fsp3) is 0.148. The van der Waals surface area contributed by atoms with Crippen LogP contribution < -0.4 is 4.90 Å². The molecule has 12 heteroatoms. The lowest BCUT2D eigenvalue weighted by molar-refractivity contribution is 0.380. The number of piperazine rings is 1. The zero-order chi connectivity index (χ0) is 27.1. The molecule has 198 valence electrons. The van der Waals surface area contributed by atoms with Gasteiger partial charge in [0.25, 0.3) is 0 Å². The van der Waals surface area contributed by atoms with Crippen LogP contribution in [0.2, 0.25) is 5.02 Å². The number of nitrogens with zero attached hydrogens (tertiary/aromatic N) is 5. The lowest BCUT2D eigenvalue weighted by atomic mass is 10.2. The Morgan fingerprint density at radius 1 is 0.821 bits per heavy atom. The second kappa shape index (κ2) is 9.99. The highest BCUT2D eigenvalue weighted by Crippen LogP contribution is 2.33. The van der Waals surface area contributed by atoms with Gasteiger partial charge in [-0.2, -0.15) is 9.29 Å². The molecular weight excluding hydrogens is 548 g/mol. The smallest absolute Gasteiger partial charge is 0.246 e. The third kappa shape index (κ3) is 4.84. The van der Waals surface area contributed by atoms with Crippen LogP contribution in [0, 0.1) is 11.6 Å². The molecule has 0 radical (unpaired) electrons. The quantitative estimate of drug-likeness (QED) is 0.281. The van der Waals surface area contributed by atoms with Gasteiger partial charge < -0.3 is 9.32 Å². The van der Waals surface area contributed by atoms with Crippen molar-refractivity contribution in [1.82, 2.24) is 19.3 Å². The lowest BCUT2D eigenvalue weighted by Gasteiger charge is -2.34. The number of halogens is 3. The summed E-state index contributed by atoms with van der Waals surface area (Å²) in [6, 6.07) is 18.8. The molecule has 0 atom stereocenters. The van der Waals surface area contributed by atoms with Crippen LogP contribution in [0.3, 0.4) is 0 Å². The summed E-state index contributed by atoms with van der Waals surface area (Å²) in [5, 5.41) is 0.569. The van der Waals surface area contributed by atoms with E-state index in [1.807, 2.05) is 35.2 Å². The fourth-order valence-corrected chi connectivity index (χ4v) is 6.03. The summed E-state index contributed by atoms with van der Waals surface area (Å²) in [6.45, 7) is 0.507. The molecule has 5 aromatic rings. The Hall–Kier alpha value is -3.93. The molecule has 2 aromatic heterocycles. The van der Waals surface area contributed by atoms with E-state index in [2.05, 4.69) is 9.97 Å². The standard InChI is InChI=1S/C27H20ClF2N5O3S/c28-19-8-6-17(7-9-19)24-31-25-23(38-27(33-25)18-4-2-1-3-5-18)26(32-24)34-12-14-35(15-13-34)39(36,37)22-16-20(29)10-11-21(22)30/h1-11,16H,12-15H2. The van der Waals surface area contributed by atoms with E-state index in [9.17, 15) is 17.2 Å². The largest absolute Gasteiger partial charge is 0.430 e. The van der Waals surface area contributed by atoms with Crippen LogP contribution in [0.1, 0.15) is 0 Å². The van der Waals surface area contributed by atoms with Crippen molar-refractivity contribution in [2.75, 3.05) is 31.1 Å². The minimum absolute atomic E-state index is 0.0275. The molecule has 1 fully saturated rings. The minimum Gasteiger partial charge on any atom is -0.430 e. The van der Waals surface area contributed by atoms with E-state index in [0.29, 0.717) is 39.9 Å². The van der Waals surface area contributed by atoms with Crippen LogP contribution in [0.15, 0.2) is 82.1 Å². The number of fused-ring (bicyclic) bond motifs is 1. The fourth-order valence-electron chi connectivity index (χ4n) is 4.41. The summed E-state index contributed by atoms with van der Waals surface area (Å²) in [5.41, 5.74) is 2.19. The van der Waals surface area contributed by atoms with Gasteiger partial charge in [-0.05, 0) is 54.6 Å².